The molecule has 15 nitrogen and oxygen atoms in total. The van der Waals surface area contributed by atoms with Crippen LogP contribution in [0.5, 0.6) is 0 Å². The van der Waals surface area contributed by atoms with Crippen LogP contribution < -0.4 is 38.1 Å². The minimum Gasteiger partial charge on any atom is -0.382 e. The van der Waals surface area contributed by atoms with Crippen LogP contribution in [0.2, 0.25) is 0 Å². The molecule has 9 N–H and O–H groups in total. The van der Waals surface area contributed by atoms with Crippen molar-refractivity contribution < 1.29 is 23.9 Å². The lowest BCUT2D eigenvalue weighted by Crippen LogP contribution is -2.61. The smallest absolute Gasteiger partial charge is 0.244 e. The van der Waals surface area contributed by atoms with Crippen molar-refractivity contribution in [2.45, 2.75) is 154 Å². The van der Waals surface area contributed by atoms with Gasteiger partial charge in [-0.05, 0) is 38.5 Å². The van der Waals surface area contributed by atoms with Gasteiger partial charge in [0.2, 0.25) is 23.6 Å². The van der Waals surface area contributed by atoms with E-state index < -0.39 is 48.0 Å². The number of unbranched alkanes of at least 4 members (excludes halogenated alkanes) is 3. The summed E-state index contributed by atoms with van der Waals surface area (Å²) in [6.07, 6.45) is 12.4. The van der Waals surface area contributed by atoms with E-state index in [1.807, 2.05) is 20.8 Å². The molecule has 55 heavy (non-hydrogen) atoms. The van der Waals surface area contributed by atoms with Gasteiger partial charge in [0.1, 0.15) is 30.3 Å². The molecule has 0 spiro atoms. The molecule has 1 saturated carbocycles. The van der Waals surface area contributed by atoms with E-state index in [0.717, 1.165) is 64.2 Å². The monoisotopic (exact) mass is 771 g/mol. The Morgan fingerprint density at radius 3 is 2.24 bits per heavy atom. The number of rotatable bonds is 13. The molecule has 0 bridgehead atoms. The summed E-state index contributed by atoms with van der Waals surface area (Å²) in [5, 5.41) is 15.6. The van der Waals surface area contributed by atoms with E-state index in [0.29, 0.717) is 36.5 Å². The molecule has 15 heteroatoms. The molecule has 4 amide bonds. The Morgan fingerprint density at radius 1 is 0.873 bits per heavy atom. The van der Waals surface area contributed by atoms with Crippen LogP contribution in [0.15, 0.2) is 24.7 Å². The molecule has 0 aromatic carbocycles. The van der Waals surface area contributed by atoms with Gasteiger partial charge in [-0.25, -0.2) is 9.97 Å². The number of nitrogens with two attached hydrogens (primary N) is 2. The lowest BCUT2D eigenvalue weighted by atomic mass is 9.90. The average molecular weight is 771 g/mol. The number of aromatic nitrogens is 2. The van der Waals surface area contributed by atoms with Gasteiger partial charge >= 0.3 is 0 Å². The number of nitrogens with zero attached hydrogens (tertiary/aromatic N) is 3. The highest BCUT2D eigenvalue weighted by molar-refractivity contribution is 5.94. The van der Waals surface area contributed by atoms with Gasteiger partial charge < -0.3 is 47.7 Å². The van der Waals surface area contributed by atoms with Crippen molar-refractivity contribution >= 4 is 29.4 Å². The van der Waals surface area contributed by atoms with Crippen LogP contribution >= 0.6 is 0 Å². The number of likely N-dealkylation sites (N-methyl/N-ethyl adjacent to an activating group) is 1. The number of anilines is 1. The molecule has 2 heterocycles. The Labute approximate surface area is 328 Å². The van der Waals surface area contributed by atoms with Gasteiger partial charge in [-0.3, -0.25) is 19.2 Å². The van der Waals surface area contributed by atoms with Gasteiger partial charge in [0, 0.05) is 44.5 Å². The number of carbonyl (C=O) groups excluding carboxylic acids is 4. The first-order valence-electron chi connectivity index (χ1n) is 20.6. The fourth-order valence-corrected chi connectivity index (χ4v) is 7.51. The van der Waals surface area contributed by atoms with Crippen LogP contribution in [-0.4, -0.2) is 102 Å². The van der Waals surface area contributed by atoms with Gasteiger partial charge in [0.05, 0.1) is 30.4 Å². The summed E-state index contributed by atoms with van der Waals surface area (Å²) < 4.78 is 6.51. The zero-order valence-electron chi connectivity index (χ0n) is 34.0. The number of amides is 4. The lowest BCUT2D eigenvalue weighted by Gasteiger charge is -2.34. The van der Waals surface area contributed by atoms with Crippen LogP contribution in [0.1, 0.15) is 117 Å². The zero-order chi connectivity index (χ0) is 40.3. The first-order valence-corrected chi connectivity index (χ1v) is 20.6. The van der Waals surface area contributed by atoms with Gasteiger partial charge in [0.15, 0.2) is 0 Å². The van der Waals surface area contributed by atoms with Crippen LogP contribution in [0, 0.1) is 11.8 Å². The molecule has 1 aliphatic carbocycles. The maximum absolute atomic E-state index is 14.2. The standard InChI is InChI=1S/C40H70N10O5/c1-7-9-10-15-19-34-27(4)40(54)50(6)33(16-8-2)38(52)49-36(29-17-13-11-12-14-18-29)39(53)47-31(22-42)37(51)48-32(28(5)46-26(3)24-55-34)23-43-35-20-30(21-41)44-25-45-35/h20,25-27,29,31-34,36,46H,5,7-19,21-24,41-42H2,1-4,6H3,(H,47,53)(H,48,51)(H,49,52)(H,43,44,45)/t26-,27?,31?,32?,33+,34-,36?/m1/s1. The van der Waals surface area contributed by atoms with E-state index in [9.17, 15) is 19.2 Å². The Morgan fingerprint density at radius 2 is 1.58 bits per heavy atom. The summed E-state index contributed by atoms with van der Waals surface area (Å²) in [4.78, 5) is 66.5. The molecule has 1 aliphatic heterocycles. The van der Waals surface area contributed by atoms with E-state index in [1.165, 1.54) is 11.2 Å². The minimum atomic E-state index is -1.09. The predicted octanol–water partition coefficient (Wildman–Crippen LogP) is 2.85. The van der Waals surface area contributed by atoms with Crippen molar-refractivity contribution in [1.29, 1.82) is 0 Å². The van der Waals surface area contributed by atoms with Crippen LogP contribution in [0.25, 0.3) is 0 Å². The van der Waals surface area contributed by atoms with E-state index in [-0.39, 0.29) is 50.0 Å². The fraction of sp³-hybridized carbons (Fsp3) is 0.750. The zero-order valence-corrected chi connectivity index (χ0v) is 34.0. The second-order valence-electron chi connectivity index (χ2n) is 15.4. The maximum atomic E-state index is 14.2. The Hall–Kier alpha value is -3.82. The van der Waals surface area contributed by atoms with Gasteiger partial charge in [0.25, 0.3) is 0 Å². The van der Waals surface area contributed by atoms with E-state index in [1.54, 1.807) is 13.1 Å². The molecule has 2 aliphatic rings. The van der Waals surface area contributed by atoms with Crippen molar-refractivity contribution in [1.82, 2.24) is 36.1 Å². The summed E-state index contributed by atoms with van der Waals surface area (Å²) in [5.74, 6) is -1.69. The van der Waals surface area contributed by atoms with Crippen molar-refractivity contribution in [2.75, 3.05) is 32.1 Å². The molecule has 2 fully saturated rings. The first kappa shape index (κ1) is 45.6. The highest BCUT2D eigenvalue weighted by Crippen LogP contribution is 2.27. The van der Waals surface area contributed by atoms with Gasteiger partial charge in [-0.2, -0.15) is 0 Å². The minimum absolute atomic E-state index is 0.140. The molecule has 1 aromatic rings. The summed E-state index contributed by atoms with van der Waals surface area (Å²) in [6.45, 7) is 12.7. The topological polar surface area (TPSA) is 219 Å². The third-order valence-electron chi connectivity index (χ3n) is 10.9. The van der Waals surface area contributed by atoms with E-state index >= 15 is 0 Å². The molecule has 0 radical (unpaired) electrons. The van der Waals surface area contributed by atoms with Gasteiger partial charge in [-0.15, -0.1) is 0 Å². The Kier molecular flexibility index (Phi) is 19.8. The SMILES string of the molecule is C=C1N[C@H](C)CO[C@H](CCCCCC)C(C)C(=O)N(C)[C@@H](CCC)C(=O)NC(C2CCCCCC2)C(=O)NC(CN)C(=O)NC1CNc1cc(CN)ncn1. The third kappa shape index (κ3) is 14.3. The van der Waals surface area contributed by atoms with Crippen molar-refractivity contribution in [3.8, 4) is 0 Å². The van der Waals surface area contributed by atoms with Crippen LogP contribution in [-0.2, 0) is 30.5 Å². The molecule has 310 valence electrons. The predicted molar refractivity (Wildman–Crippen MR) is 215 cm³/mol. The first-order chi connectivity index (χ1) is 26.4. The molecule has 7 atom stereocenters. The molecular weight excluding hydrogens is 701 g/mol. The summed E-state index contributed by atoms with van der Waals surface area (Å²) in [7, 11) is 1.67. The summed E-state index contributed by atoms with van der Waals surface area (Å²) in [5.41, 5.74) is 13.1. The summed E-state index contributed by atoms with van der Waals surface area (Å²) >= 11 is 0. The third-order valence-corrected chi connectivity index (χ3v) is 10.9. The highest BCUT2D eigenvalue weighted by atomic mass is 16.5. The van der Waals surface area contributed by atoms with Gasteiger partial charge in [-0.1, -0.05) is 85.1 Å². The Balaban J connectivity index is 2.01. The lowest BCUT2D eigenvalue weighted by molar-refractivity contribution is -0.147. The number of ether oxygens (including phenoxy) is 1. The molecule has 4 unspecified atom stereocenters. The number of nitrogens with one attached hydrogen (secondary N) is 5. The van der Waals surface area contributed by atoms with Crippen LogP contribution in [0.4, 0.5) is 5.82 Å². The highest BCUT2D eigenvalue weighted by Gasteiger charge is 2.38. The second-order valence-corrected chi connectivity index (χ2v) is 15.4. The quantitative estimate of drug-likeness (QED) is 0.114. The molecule has 1 saturated heterocycles. The molecular formula is C40H70N10O5. The summed E-state index contributed by atoms with van der Waals surface area (Å²) in [6, 6.07) is -1.98. The van der Waals surface area contributed by atoms with Crippen molar-refractivity contribution in [3.63, 3.8) is 0 Å². The molecule has 1 aromatic heterocycles. The second kappa shape index (κ2) is 24.0. The van der Waals surface area contributed by atoms with Crippen molar-refractivity contribution in [2.24, 2.45) is 23.3 Å². The fourth-order valence-electron chi connectivity index (χ4n) is 7.51. The van der Waals surface area contributed by atoms with E-state index in [2.05, 4.69) is 50.1 Å². The normalized spacial score (nSPS) is 27.4. The Bertz CT molecular complexity index is 1370. The van der Waals surface area contributed by atoms with E-state index in [4.69, 9.17) is 16.2 Å². The number of hydrogen-bond donors (Lipinski definition) is 7. The number of hydrogen-bond acceptors (Lipinski definition) is 11. The largest absolute Gasteiger partial charge is 0.382 e. The molecule has 3 rings (SSSR count). The van der Waals surface area contributed by atoms with Crippen molar-refractivity contribution in [3.05, 3.63) is 30.4 Å². The average Bonchev–Trinajstić information content (AvgIpc) is 3.47. The maximum Gasteiger partial charge on any atom is 0.244 e. The van der Waals surface area contributed by atoms with Crippen LogP contribution in [0.3, 0.4) is 0 Å². The number of carbonyl (C=O) groups is 4.